The molecular formula is C18H20FN5O3S. The zero-order valence-electron chi connectivity index (χ0n) is 15.5. The van der Waals surface area contributed by atoms with E-state index in [4.69, 9.17) is 9.52 Å². The summed E-state index contributed by atoms with van der Waals surface area (Å²) >= 11 is 0. The summed E-state index contributed by atoms with van der Waals surface area (Å²) in [5, 5.41) is 6.82. The Morgan fingerprint density at radius 2 is 1.86 bits per heavy atom. The van der Waals surface area contributed by atoms with Gasteiger partial charge in [-0.1, -0.05) is 0 Å². The molecule has 0 radical (unpaired) electrons. The molecule has 3 N–H and O–H groups in total. The average molecular weight is 405 g/mol. The summed E-state index contributed by atoms with van der Waals surface area (Å²) in [5.74, 6) is 0.0909. The number of aromatic nitrogens is 2. The third-order valence-corrected chi connectivity index (χ3v) is 6.93. The number of amides is 2. The van der Waals surface area contributed by atoms with Gasteiger partial charge in [-0.3, -0.25) is 0 Å². The number of hydrogen-bond donors (Lipinski definition) is 3. The number of benzene rings is 1. The fourth-order valence-electron chi connectivity index (χ4n) is 4.05. The van der Waals surface area contributed by atoms with Crippen LogP contribution in [-0.4, -0.2) is 25.6 Å². The fraction of sp³-hybridized carbons (Fsp3) is 0.444. The second kappa shape index (κ2) is 5.47. The van der Waals surface area contributed by atoms with Crippen LogP contribution in [0.25, 0.3) is 0 Å². The van der Waals surface area contributed by atoms with Crippen LogP contribution in [0.2, 0.25) is 0 Å². The lowest BCUT2D eigenvalue weighted by atomic mass is 9.76. The van der Waals surface area contributed by atoms with Crippen LogP contribution in [-0.2, 0) is 42.1 Å². The molecule has 0 saturated carbocycles. The highest BCUT2D eigenvalue weighted by Crippen LogP contribution is 2.43. The van der Waals surface area contributed by atoms with Crippen LogP contribution in [0.4, 0.5) is 14.9 Å². The summed E-state index contributed by atoms with van der Waals surface area (Å²) in [6.07, 6.45) is 4.01. The molecule has 148 valence electrons. The van der Waals surface area contributed by atoms with Crippen molar-refractivity contribution in [3.63, 3.8) is 0 Å². The Morgan fingerprint density at radius 3 is 2.43 bits per heavy atom. The smallest absolute Gasteiger partial charge is 0.331 e. The first kappa shape index (κ1) is 17.5. The number of hydrogen-bond acceptors (Lipinski definition) is 5. The highest BCUT2D eigenvalue weighted by atomic mass is 32.2. The van der Waals surface area contributed by atoms with Crippen LogP contribution in [0, 0.1) is 10.6 Å². The first-order valence-corrected chi connectivity index (χ1v) is 10.7. The van der Waals surface area contributed by atoms with E-state index in [1.165, 1.54) is 10.9 Å². The third-order valence-electron chi connectivity index (χ3n) is 5.56. The molecule has 5 rings (SSSR count). The number of carbonyl (C=O) groups is 1. The van der Waals surface area contributed by atoms with Gasteiger partial charge < -0.3 is 10.1 Å². The van der Waals surface area contributed by atoms with Gasteiger partial charge in [-0.2, -0.15) is 5.10 Å². The molecule has 2 heterocycles. The second-order valence-electron chi connectivity index (χ2n) is 8.05. The van der Waals surface area contributed by atoms with Gasteiger partial charge in [0.2, 0.25) is 5.88 Å². The normalized spacial score (nSPS) is 19.8. The molecule has 28 heavy (non-hydrogen) atoms. The Kier molecular flexibility index (Phi) is 3.41. The maximum atomic E-state index is 14.3. The van der Waals surface area contributed by atoms with Crippen LogP contribution in [0.3, 0.4) is 0 Å². The van der Waals surface area contributed by atoms with Crippen LogP contribution < -0.4 is 14.8 Å². The Bertz CT molecular complexity index is 1120. The van der Waals surface area contributed by atoms with Gasteiger partial charge >= 0.3 is 6.03 Å². The number of ether oxygens (including phenoxy) is 1. The number of fused-ring (bicyclic) bond motifs is 3. The topological polar surface area (TPSA) is 109 Å². The molecule has 0 spiro atoms. The Morgan fingerprint density at radius 1 is 1.25 bits per heavy atom. The highest BCUT2D eigenvalue weighted by Gasteiger charge is 2.37. The van der Waals surface area contributed by atoms with Gasteiger partial charge in [0.05, 0.1) is 12.7 Å². The van der Waals surface area contributed by atoms with Gasteiger partial charge in [0.1, 0.15) is 16.3 Å². The standard InChI is InChI=1S/C18H20FN5O3S/c1-18(2)8-24-16(27-18)13(7-21-24)28(20,26)23-17(25)22-15-11-5-3-9(11)14(19)10-4-6-12(10)15/h7H,3-6,8H2,1-2H3,(H3,20,22,23,25,26)/t28-/m1/s1. The quantitative estimate of drug-likeness (QED) is 0.729. The predicted molar refractivity (Wildman–Crippen MR) is 99.4 cm³/mol. The molecule has 2 amide bonds. The Labute approximate surface area is 161 Å². The lowest BCUT2D eigenvalue weighted by Gasteiger charge is -2.33. The molecule has 8 nitrogen and oxygen atoms in total. The van der Waals surface area contributed by atoms with E-state index in [2.05, 4.69) is 15.1 Å². The largest absolute Gasteiger partial charge is 0.469 e. The van der Waals surface area contributed by atoms with Crippen molar-refractivity contribution >= 4 is 21.6 Å². The summed E-state index contributed by atoms with van der Waals surface area (Å²) in [5.41, 5.74) is 3.01. The van der Waals surface area contributed by atoms with Crippen molar-refractivity contribution in [3.8, 4) is 5.88 Å². The van der Waals surface area contributed by atoms with E-state index in [9.17, 15) is 13.4 Å². The number of nitrogens with zero attached hydrogens (tertiary/aromatic N) is 2. The highest BCUT2D eigenvalue weighted by molar-refractivity contribution is 7.91. The fourth-order valence-corrected chi connectivity index (χ4v) is 5.06. The van der Waals surface area contributed by atoms with Crippen molar-refractivity contribution < 1.29 is 18.1 Å². The van der Waals surface area contributed by atoms with Gasteiger partial charge in [-0.05, 0) is 61.8 Å². The van der Waals surface area contributed by atoms with Crippen LogP contribution in [0.5, 0.6) is 5.88 Å². The first-order valence-electron chi connectivity index (χ1n) is 9.13. The SMILES string of the molecule is CC1(C)Cn2ncc([S@](=N)(=O)NC(=O)Nc3c4c(c(F)c5c3CC5)CC4)c2O1. The summed E-state index contributed by atoms with van der Waals surface area (Å²) in [6.45, 7) is 4.19. The minimum atomic E-state index is -3.67. The molecule has 1 atom stereocenters. The summed E-state index contributed by atoms with van der Waals surface area (Å²) in [4.78, 5) is 12.6. The molecule has 0 unspecified atom stereocenters. The Balaban J connectivity index is 1.39. The zero-order chi connectivity index (χ0) is 19.8. The van der Waals surface area contributed by atoms with E-state index in [-0.39, 0.29) is 16.6 Å². The van der Waals surface area contributed by atoms with Crippen LogP contribution in [0.15, 0.2) is 11.1 Å². The molecule has 3 aliphatic rings. The molecule has 0 bridgehead atoms. The van der Waals surface area contributed by atoms with Gasteiger partial charge in [-0.15, -0.1) is 0 Å². The van der Waals surface area contributed by atoms with E-state index in [1.807, 2.05) is 13.8 Å². The predicted octanol–water partition coefficient (Wildman–Crippen LogP) is 2.53. The molecule has 0 fully saturated rings. The second-order valence-corrected chi connectivity index (χ2v) is 9.81. The Hall–Kier alpha value is -2.62. The molecule has 1 aliphatic heterocycles. The van der Waals surface area contributed by atoms with Crippen molar-refractivity contribution in [2.24, 2.45) is 0 Å². The molecule has 10 heteroatoms. The lowest BCUT2D eigenvalue weighted by molar-refractivity contribution is 0.132. The molecule has 2 aliphatic carbocycles. The van der Waals surface area contributed by atoms with Crippen molar-refractivity contribution in [3.05, 3.63) is 34.3 Å². The van der Waals surface area contributed by atoms with Crippen molar-refractivity contribution in [2.45, 2.75) is 56.6 Å². The minimum Gasteiger partial charge on any atom is -0.469 e. The molecule has 1 aromatic heterocycles. The maximum absolute atomic E-state index is 14.3. The van der Waals surface area contributed by atoms with E-state index >= 15 is 0 Å². The summed E-state index contributed by atoms with van der Waals surface area (Å²) < 4.78 is 44.9. The molecular weight excluding hydrogens is 385 g/mol. The van der Waals surface area contributed by atoms with Gasteiger partial charge in [0, 0.05) is 5.69 Å². The molecule has 1 aromatic carbocycles. The van der Waals surface area contributed by atoms with E-state index in [0.29, 0.717) is 49.0 Å². The number of anilines is 1. The van der Waals surface area contributed by atoms with Gasteiger partial charge in [0.15, 0.2) is 9.92 Å². The van der Waals surface area contributed by atoms with E-state index in [1.54, 1.807) is 0 Å². The van der Waals surface area contributed by atoms with Crippen molar-refractivity contribution in [2.75, 3.05) is 5.32 Å². The third kappa shape index (κ3) is 2.43. The molecule has 2 aromatic rings. The number of urea groups is 1. The lowest BCUT2D eigenvalue weighted by Crippen LogP contribution is -2.36. The van der Waals surface area contributed by atoms with E-state index < -0.39 is 21.5 Å². The number of nitrogens with one attached hydrogen (secondary N) is 3. The zero-order valence-corrected chi connectivity index (χ0v) is 16.3. The summed E-state index contributed by atoms with van der Waals surface area (Å²) in [6, 6.07) is -0.757. The van der Waals surface area contributed by atoms with Gasteiger partial charge in [-0.25, -0.2) is 27.6 Å². The first-order chi connectivity index (χ1) is 13.2. The maximum Gasteiger partial charge on any atom is 0.331 e. The molecule has 0 saturated heterocycles. The van der Waals surface area contributed by atoms with E-state index in [0.717, 1.165) is 11.1 Å². The minimum absolute atomic E-state index is 0.0355. The number of halogens is 1. The van der Waals surface area contributed by atoms with Gasteiger partial charge in [0.25, 0.3) is 0 Å². The van der Waals surface area contributed by atoms with Crippen molar-refractivity contribution in [1.82, 2.24) is 14.5 Å². The van der Waals surface area contributed by atoms with Crippen LogP contribution >= 0.6 is 0 Å². The average Bonchev–Trinajstić information content (AvgIpc) is 2.97. The van der Waals surface area contributed by atoms with Crippen LogP contribution in [0.1, 0.15) is 36.1 Å². The number of rotatable bonds is 3. The van der Waals surface area contributed by atoms with Crippen molar-refractivity contribution in [1.29, 1.82) is 4.78 Å². The summed E-state index contributed by atoms with van der Waals surface area (Å²) in [7, 11) is -3.67. The monoisotopic (exact) mass is 405 g/mol. The number of carbonyl (C=O) groups excluding carboxylic acids is 1.